The molecule has 0 saturated carbocycles. The highest BCUT2D eigenvalue weighted by Gasteiger charge is 2.30. The Morgan fingerprint density at radius 2 is 2.07 bits per heavy atom. The van der Waals surface area contributed by atoms with Crippen LogP contribution in [0.25, 0.3) is 11.5 Å². The van der Waals surface area contributed by atoms with Crippen LogP contribution in [-0.4, -0.2) is 27.8 Å². The number of aromatic nitrogens is 2. The van der Waals surface area contributed by atoms with Gasteiger partial charge in [-0.15, -0.1) is 0 Å². The van der Waals surface area contributed by atoms with Crippen molar-refractivity contribution in [1.29, 1.82) is 0 Å². The molecule has 1 aromatic carbocycles. The third kappa shape index (κ3) is 4.37. The first-order chi connectivity index (χ1) is 12.7. The van der Waals surface area contributed by atoms with Gasteiger partial charge in [-0.3, -0.25) is 9.89 Å². The standard InChI is InChI=1S/C18H16F3N3O3/c1-10-5-6-16(27-10)13-8-14(24-23-13)17(26)22-9-15(25)11-3-2-4-12(7-11)18(19,20)21/h2-8,15,25H,9H2,1H3,(H,22,26)(H,23,24)/t15-/m0/s1. The molecule has 2 aromatic heterocycles. The van der Waals surface area contributed by atoms with E-state index in [1.54, 1.807) is 19.1 Å². The Morgan fingerprint density at radius 1 is 1.30 bits per heavy atom. The normalized spacial score (nSPS) is 12.8. The molecule has 2 heterocycles. The number of hydrogen-bond donors (Lipinski definition) is 3. The second kappa shape index (κ2) is 7.28. The Morgan fingerprint density at radius 3 is 2.74 bits per heavy atom. The van der Waals surface area contributed by atoms with Gasteiger partial charge in [0.2, 0.25) is 0 Å². The summed E-state index contributed by atoms with van der Waals surface area (Å²) in [6.45, 7) is 1.52. The molecule has 142 valence electrons. The lowest BCUT2D eigenvalue weighted by atomic mass is 10.1. The van der Waals surface area contributed by atoms with Crippen LogP contribution < -0.4 is 5.32 Å². The second-order valence-electron chi connectivity index (χ2n) is 5.93. The molecule has 3 aromatic rings. The maximum Gasteiger partial charge on any atom is 0.416 e. The van der Waals surface area contributed by atoms with E-state index in [9.17, 15) is 23.1 Å². The van der Waals surface area contributed by atoms with Crippen molar-refractivity contribution in [1.82, 2.24) is 15.5 Å². The minimum Gasteiger partial charge on any atom is -0.460 e. The molecule has 27 heavy (non-hydrogen) atoms. The molecular formula is C18H16F3N3O3. The number of hydrogen-bond acceptors (Lipinski definition) is 4. The molecule has 9 heteroatoms. The molecule has 0 saturated heterocycles. The van der Waals surface area contributed by atoms with Crippen molar-refractivity contribution >= 4 is 5.91 Å². The maximum absolute atomic E-state index is 12.7. The van der Waals surface area contributed by atoms with Crippen LogP contribution in [-0.2, 0) is 6.18 Å². The first kappa shape index (κ1) is 18.7. The number of halogens is 3. The molecule has 1 amide bonds. The smallest absolute Gasteiger partial charge is 0.416 e. The van der Waals surface area contributed by atoms with Crippen molar-refractivity contribution in [2.24, 2.45) is 0 Å². The molecule has 3 N–H and O–H groups in total. The van der Waals surface area contributed by atoms with E-state index in [0.29, 0.717) is 17.2 Å². The zero-order chi connectivity index (χ0) is 19.6. The van der Waals surface area contributed by atoms with Crippen LogP contribution in [0.5, 0.6) is 0 Å². The number of benzene rings is 1. The summed E-state index contributed by atoms with van der Waals surface area (Å²) in [5.74, 6) is 0.643. The van der Waals surface area contributed by atoms with Gasteiger partial charge < -0.3 is 14.8 Å². The molecule has 0 aliphatic rings. The highest BCUT2D eigenvalue weighted by Crippen LogP contribution is 2.30. The van der Waals surface area contributed by atoms with E-state index >= 15 is 0 Å². The molecule has 6 nitrogen and oxygen atoms in total. The molecule has 0 radical (unpaired) electrons. The first-order valence-corrected chi connectivity index (χ1v) is 7.99. The van der Waals surface area contributed by atoms with E-state index in [2.05, 4.69) is 15.5 Å². The summed E-state index contributed by atoms with van der Waals surface area (Å²) in [5, 5.41) is 19.0. The fraction of sp³-hybridized carbons (Fsp3) is 0.222. The zero-order valence-electron chi connectivity index (χ0n) is 14.2. The number of furan rings is 1. The summed E-state index contributed by atoms with van der Waals surface area (Å²) in [7, 11) is 0. The molecule has 0 bridgehead atoms. The maximum atomic E-state index is 12.7. The number of aromatic amines is 1. The molecule has 1 atom stereocenters. The summed E-state index contributed by atoms with van der Waals surface area (Å²) in [5.41, 5.74) is -0.239. The number of H-pyrrole nitrogens is 1. The van der Waals surface area contributed by atoms with Gasteiger partial charge >= 0.3 is 6.18 Å². The lowest BCUT2D eigenvalue weighted by Crippen LogP contribution is -2.28. The number of aliphatic hydroxyl groups excluding tert-OH is 1. The third-order valence-corrected chi connectivity index (χ3v) is 3.87. The quantitative estimate of drug-likeness (QED) is 0.633. The predicted octanol–water partition coefficient (Wildman–Crippen LogP) is 3.46. The molecule has 0 aliphatic heterocycles. The van der Waals surface area contributed by atoms with Gasteiger partial charge in [0.05, 0.1) is 11.7 Å². The Kier molecular flexibility index (Phi) is 5.04. The van der Waals surface area contributed by atoms with Crippen LogP contribution in [0.2, 0.25) is 0 Å². The Bertz CT molecular complexity index is 946. The van der Waals surface area contributed by atoms with Crippen LogP contribution in [0.15, 0.2) is 46.9 Å². The number of rotatable bonds is 5. The summed E-state index contributed by atoms with van der Waals surface area (Å²) in [6.07, 6.45) is -5.79. The van der Waals surface area contributed by atoms with Crippen LogP contribution in [0.4, 0.5) is 13.2 Å². The topological polar surface area (TPSA) is 91.1 Å². The van der Waals surface area contributed by atoms with Crippen molar-refractivity contribution in [2.75, 3.05) is 6.54 Å². The van der Waals surface area contributed by atoms with Gasteiger partial charge in [0.25, 0.3) is 5.91 Å². The largest absolute Gasteiger partial charge is 0.460 e. The summed E-state index contributed by atoms with van der Waals surface area (Å²) < 4.78 is 43.6. The van der Waals surface area contributed by atoms with Crippen LogP contribution in [0.3, 0.4) is 0 Å². The molecule has 0 aliphatic carbocycles. The van der Waals surface area contributed by atoms with Gasteiger partial charge in [-0.25, -0.2) is 0 Å². The molecule has 0 fully saturated rings. The molecule has 3 rings (SSSR count). The number of aliphatic hydroxyl groups is 1. The number of carbonyl (C=O) groups is 1. The van der Waals surface area contributed by atoms with Gasteiger partial charge in [0.15, 0.2) is 11.5 Å². The van der Waals surface area contributed by atoms with Gasteiger partial charge in [-0.1, -0.05) is 12.1 Å². The summed E-state index contributed by atoms with van der Waals surface area (Å²) in [4.78, 5) is 12.1. The number of amides is 1. The first-order valence-electron chi connectivity index (χ1n) is 7.99. The van der Waals surface area contributed by atoms with Gasteiger partial charge in [-0.05, 0) is 36.8 Å². The molecule has 0 spiro atoms. The van der Waals surface area contributed by atoms with E-state index in [4.69, 9.17) is 4.42 Å². The average molecular weight is 379 g/mol. The Labute approximate surface area is 152 Å². The Hall–Kier alpha value is -3.07. The third-order valence-electron chi connectivity index (χ3n) is 3.87. The van der Waals surface area contributed by atoms with Crippen LogP contribution >= 0.6 is 0 Å². The zero-order valence-corrected chi connectivity index (χ0v) is 14.2. The monoisotopic (exact) mass is 379 g/mol. The van der Waals surface area contributed by atoms with E-state index < -0.39 is 23.8 Å². The van der Waals surface area contributed by atoms with Crippen LogP contribution in [0, 0.1) is 6.92 Å². The minimum absolute atomic E-state index is 0.0545. The lowest BCUT2D eigenvalue weighted by Gasteiger charge is -2.14. The Balaban J connectivity index is 1.63. The van der Waals surface area contributed by atoms with E-state index in [1.807, 2.05) is 0 Å². The number of alkyl halides is 3. The SMILES string of the molecule is Cc1ccc(-c2cc(C(=O)NC[C@H](O)c3cccc(C(F)(F)F)c3)n[nH]2)o1. The van der Waals surface area contributed by atoms with E-state index in [1.165, 1.54) is 18.2 Å². The van der Waals surface area contributed by atoms with Gasteiger partial charge in [0, 0.05) is 12.6 Å². The van der Waals surface area contributed by atoms with Gasteiger partial charge in [-0.2, -0.15) is 18.3 Å². The van der Waals surface area contributed by atoms with Crippen molar-refractivity contribution < 1.29 is 27.5 Å². The number of aryl methyl sites for hydroxylation is 1. The van der Waals surface area contributed by atoms with Crippen LogP contribution in [0.1, 0.15) is 33.5 Å². The van der Waals surface area contributed by atoms with E-state index in [0.717, 1.165) is 12.1 Å². The van der Waals surface area contributed by atoms with E-state index in [-0.39, 0.29) is 17.8 Å². The summed E-state index contributed by atoms with van der Waals surface area (Å²) in [6, 6.07) is 9.29. The molecular weight excluding hydrogens is 363 g/mol. The lowest BCUT2D eigenvalue weighted by molar-refractivity contribution is -0.137. The average Bonchev–Trinajstić information content (AvgIpc) is 3.27. The van der Waals surface area contributed by atoms with Crippen molar-refractivity contribution in [3.63, 3.8) is 0 Å². The second-order valence-corrected chi connectivity index (χ2v) is 5.93. The van der Waals surface area contributed by atoms with Crippen molar-refractivity contribution in [3.8, 4) is 11.5 Å². The van der Waals surface area contributed by atoms with Crippen molar-refractivity contribution in [2.45, 2.75) is 19.2 Å². The number of nitrogens with one attached hydrogen (secondary N) is 2. The number of nitrogens with zero attached hydrogens (tertiary/aromatic N) is 1. The minimum atomic E-state index is -4.51. The highest BCUT2D eigenvalue weighted by molar-refractivity contribution is 5.93. The van der Waals surface area contributed by atoms with Gasteiger partial charge in [0.1, 0.15) is 11.5 Å². The number of carbonyl (C=O) groups excluding carboxylic acids is 1. The molecule has 0 unspecified atom stereocenters. The highest BCUT2D eigenvalue weighted by atomic mass is 19.4. The predicted molar refractivity (Wildman–Crippen MR) is 89.8 cm³/mol. The van der Waals surface area contributed by atoms with Crippen molar-refractivity contribution in [3.05, 3.63) is 65.0 Å². The fourth-order valence-electron chi connectivity index (χ4n) is 2.46. The summed E-state index contributed by atoms with van der Waals surface area (Å²) >= 11 is 0. The fourth-order valence-corrected chi connectivity index (χ4v) is 2.46.